The molecule has 0 atom stereocenters. The van der Waals surface area contributed by atoms with Crippen LogP contribution in [0.1, 0.15) is 10.7 Å². The van der Waals surface area contributed by atoms with E-state index < -0.39 is 14.9 Å². The van der Waals surface area contributed by atoms with E-state index in [1.54, 1.807) is 17.4 Å². The number of likely N-dealkylation sites (N-methyl/N-ethyl adjacent to an activating group) is 1. The first-order chi connectivity index (χ1) is 15.2. The van der Waals surface area contributed by atoms with Crippen LogP contribution in [0.2, 0.25) is 0 Å². The minimum Gasteiger partial charge on any atom is -0.363 e. The Bertz CT molecular complexity index is 1070. The molecule has 0 spiro atoms. The van der Waals surface area contributed by atoms with Crippen molar-refractivity contribution in [3.63, 3.8) is 0 Å². The van der Waals surface area contributed by atoms with E-state index in [0.29, 0.717) is 45.0 Å². The Hall–Kier alpha value is -2.12. The van der Waals surface area contributed by atoms with Gasteiger partial charge in [-0.25, -0.2) is 13.4 Å². The second kappa shape index (κ2) is 9.40. The minimum atomic E-state index is -3.76. The Kier molecular flexibility index (Phi) is 6.77. The lowest BCUT2D eigenvalue weighted by Gasteiger charge is -2.35. The third-order valence-electron chi connectivity index (χ3n) is 6.01. The van der Waals surface area contributed by atoms with Crippen LogP contribution in [-0.2, 0) is 16.6 Å². The zero-order valence-electron chi connectivity index (χ0n) is 18.3. The third kappa shape index (κ3) is 4.94. The average Bonchev–Trinajstić information content (AvgIpc) is 3.18. The molecule has 0 bridgehead atoms. The molecule has 0 amide bonds. The molecule has 174 valence electrons. The highest BCUT2D eigenvalue weighted by Gasteiger charge is 2.31. The van der Waals surface area contributed by atoms with Crippen molar-refractivity contribution in [3.8, 4) is 0 Å². The van der Waals surface area contributed by atoms with E-state index in [1.807, 2.05) is 18.9 Å². The molecule has 1 aromatic carbocycles. The lowest BCUT2D eigenvalue weighted by Crippen LogP contribution is -2.47. The number of benzene rings is 1. The van der Waals surface area contributed by atoms with Gasteiger partial charge in [-0.3, -0.25) is 15.0 Å². The van der Waals surface area contributed by atoms with E-state index in [1.165, 1.54) is 16.4 Å². The molecule has 0 aliphatic carbocycles. The number of nitro groups is 1. The summed E-state index contributed by atoms with van der Waals surface area (Å²) in [4.78, 5) is 22.1. The molecular weight excluding hydrogens is 452 g/mol. The van der Waals surface area contributed by atoms with Gasteiger partial charge in [-0.15, -0.1) is 11.3 Å². The zero-order chi connectivity index (χ0) is 22.9. The first kappa shape index (κ1) is 23.1. The number of thiazole rings is 1. The predicted molar refractivity (Wildman–Crippen MR) is 124 cm³/mol. The van der Waals surface area contributed by atoms with Crippen molar-refractivity contribution in [1.29, 1.82) is 0 Å². The highest BCUT2D eigenvalue weighted by Crippen LogP contribution is 2.33. The largest absolute Gasteiger partial charge is 0.363 e. The lowest BCUT2D eigenvalue weighted by molar-refractivity contribution is -0.384. The molecule has 0 N–H and O–H groups in total. The molecule has 2 fully saturated rings. The van der Waals surface area contributed by atoms with Crippen LogP contribution in [0.15, 0.2) is 28.5 Å². The maximum atomic E-state index is 13.0. The number of hydrogen-bond donors (Lipinski definition) is 0. The number of hydrogen-bond acceptors (Lipinski definition) is 9. The van der Waals surface area contributed by atoms with E-state index >= 15 is 0 Å². The first-order valence-electron chi connectivity index (χ1n) is 10.6. The molecule has 3 heterocycles. The smallest absolute Gasteiger partial charge is 0.293 e. The first-order valence-corrected chi connectivity index (χ1v) is 12.9. The fraction of sp³-hybridized carbons (Fsp3) is 0.550. The summed E-state index contributed by atoms with van der Waals surface area (Å²) in [5.41, 5.74) is 1.35. The van der Waals surface area contributed by atoms with Crippen molar-refractivity contribution in [3.05, 3.63) is 44.4 Å². The summed E-state index contributed by atoms with van der Waals surface area (Å²) in [6.45, 7) is 7.59. The Morgan fingerprint density at radius 2 is 1.78 bits per heavy atom. The number of nitro benzene ring substituents is 1. The maximum absolute atomic E-state index is 13.0. The van der Waals surface area contributed by atoms with Crippen LogP contribution in [0.5, 0.6) is 0 Å². The van der Waals surface area contributed by atoms with Crippen molar-refractivity contribution in [2.45, 2.75) is 18.4 Å². The predicted octanol–water partition coefficient (Wildman–Crippen LogP) is 1.62. The van der Waals surface area contributed by atoms with Gasteiger partial charge >= 0.3 is 0 Å². The Balaban J connectivity index is 1.48. The number of anilines is 1. The molecule has 0 radical (unpaired) electrons. The summed E-state index contributed by atoms with van der Waals surface area (Å²) in [5.74, 6) is 0. The second-order valence-corrected chi connectivity index (χ2v) is 11.2. The van der Waals surface area contributed by atoms with E-state index in [-0.39, 0.29) is 10.6 Å². The zero-order valence-corrected chi connectivity index (χ0v) is 19.9. The van der Waals surface area contributed by atoms with Crippen LogP contribution in [0, 0.1) is 17.0 Å². The molecule has 2 aliphatic rings. The molecule has 1 aromatic heterocycles. The van der Waals surface area contributed by atoms with Gasteiger partial charge in [0, 0.05) is 70.3 Å². The number of rotatable bonds is 6. The molecule has 2 aromatic rings. The summed E-state index contributed by atoms with van der Waals surface area (Å²) in [7, 11) is -1.82. The van der Waals surface area contributed by atoms with Crippen molar-refractivity contribution in [1.82, 2.24) is 19.1 Å². The van der Waals surface area contributed by atoms with Crippen molar-refractivity contribution in [2.24, 2.45) is 0 Å². The van der Waals surface area contributed by atoms with Gasteiger partial charge in [-0.05, 0) is 26.1 Å². The molecular formula is C20H28N6O4S2. The quantitative estimate of drug-likeness (QED) is 0.454. The highest BCUT2D eigenvalue weighted by atomic mass is 32.2. The SMILES string of the molecule is Cc1nc(CN2CCN(c3ccc(S(=O)(=O)N4CCN(C)CC4)cc3[N+](=O)[O-])CC2)cs1. The molecule has 32 heavy (non-hydrogen) atoms. The van der Waals surface area contributed by atoms with Gasteiger partial charge in [0.25, 0.3) is 5.69 Å². The number of sulfonamides is 1. The van der Waals surface area contributed by atoms with Gasteiger partial charge in [-0.2, -0.15) is 4.31 Å². The molecule has 2 saturated heterocycles. The highest BCUT2D eigenvalue weighted by molar-refractivity contribution is 7.89. The molecule has 0 unspecified atom stereocenters. The Labute approximate surface area is 192 Å². The summed E-state index contributed by atoms with van der Waals surface area (Å²) < 4.78 is 27.5. The standard InChI is InChI=1S/C20H28N6O4S2/c1-16-21-17(15-31-16)14-23-7-9-24(10-8-23)19-4-3-18(13-20(19)26(27)28)32(29,30)25-11-5-22(2)6-12-25/h3-4,13,15H,5-12,14H2,1-2H3. The van der Waals surface area contributed by atoms with Gasteiger partial charge in [0.1, 0.15) is 5.69 Å². The molecule has 0 saturated carbocycles. The fourth-order valence-corrected chi connectivity index (χ4v) is 6.16. The maximum Gasteiger partial charge on any atom is 0.293 e. The molecule has 4 rings (SSSR count). The van der Waals surface area contributed by atoms with E-state index in [4.69, 9.17) is 0 Å². The van der Waals surface area contributed by atoms with Crippen molar-refractivity contribution < 1.29 is 13.3 Å². The topological polar surface area (TPSA) is 103 Å². The molecule has 12 heteroatoms. The van der Waals surface area contributed by atoms with Crippen LogP contribution < -0.4 is 4.90 Å². The van der Waals surface area contributed by atoms with E-state index in [9.17, 15) is 18.5 Å². The molecule has 10 nitrogen and oxygen atoms in total. The Morgan fingerprint density at radius 1 is 1.09 bits per heavy atom. The van der Waals surface area contributed by atoms with E-state index in [2.05, 4.69) is 20.2 Å². The van der Waals surface area contributed by atoms with Crippen molar-refractivity contribution in [2.75, 3.05) is 64.3 Å². The number of aromatic nitrogens is 1. The average molecular weight is 481 g/mol. The number of aryl methyl sites for hydroxylation is 1. The van der Waals surface area contributed by atoms with Crippen LogP contribution in [0.25, 0.3) is 0 Å². The second-order valence-electron chi connectivity index (χ2n) is 8.24. The lowest BCUT2D eigenvalue weighted by atomic mass is 10.2. The summed E-state index contributed by atoms with van der Waals surface area (Å²) in [6.07, 6.45) is 0. The van der Waals surface area contributed by atoms with Crippen LogP contribution in [0.3, 0.4) is 0 Å². The van der Waals surface area contributed by atoms with Gasteiger partial charge in [0.15, 0.2) is 0 Å². The van der Waals surface area contributed by atoms with Gasteiger partial charge in [-0.1, -0.05) is 0 Å². The third-order valence-corrected chi connectivity index (χ3v) is 8.73. The normalized spacial score (nSPS) is 19.4. The fourth-order valence-electron chi connectivity index (χ4n) is 4.11. The number of nitrogens with zero attached hydrogens (tertiary/aromatic N) is 6. The van der Waals surface area contributed by atoms with Gasteiger partial charge < -0.3 is 9.80 Å². The monoisotopic (exact) mass is 480 g/mol. The van der Waals surface area contributed by atoms with Crippen LogP contribution in [0.4, 0.5) is 11.4 Å². The van der Waals surface area contributed by atoms with Gasteiger partial charge in [0.2, 0.25) is 10.0 Å². The molecule has 2 aliphatic heterocycles. The van der Waals surface area contributed by atoms with Crippen LogP contribution in [-0.4, -0.2) is 91.8 Å². The van der Waals surface area contributed by atoms with Gasteiger partial charge in [0.05, 0.1) is 20.5 Å². The minimum absolute atomic E-state index is 0.0185. The van der Waals surface area contributed by atoms with Crippen molar-refractivity contribution >= 4 is 32.7 Å². The summed E-state index contributed by atoms with van der Waals surface area (Å²) in [5, 5.41) is 14.9. The Morgan fingerprint density at radius 3 is 2.38 bits per heavy atom. The summed E-state index contributed by atoms with van der Waals surface area (Å²) >= 11 is 1.63. The summed E-state index contributed by atoms with van der Waals surface area (Å²) in [6, 6.07) is 4.30. The number of piperazine rings is 2. The van der Waals surface area contributed by atoms with E-state index in [0.717, 1.165) is 30.3 Å². The van der Waals surface area contributed by atoms with Crippen LogP contribution >= 0.6 is 11.3 Å².